The van der Waals surface area contributed by atoms with Gasteiger partial charge in [0, 0.05) is 0 Å². The van der Waals surface area contributed by atoms with Crippen molar-refractivity contribution in [3.8, 4) is 0 Å². The Kier molecular flexibility index (Phi) is 3.10. The Morgan fingerprint density at radius 3 is 2.50 bits per heavy atom. The molecule has 0 radical (unpaired) electrons. The summed E-state index contributed by atoms with van der Waals surface area (Å²) in [6.45, 7) is 1.58. The number of benzene rings is 1. The maximum Gasteiger partial charge on any atom is 0.357 e. The second-order valence-corrected chi connectivity index (χ2v) is 3.78. The van der Waals surface area contributed by atoms with Gasteiger partial charge in [0.05, 0.1) is 6.04 Å². The summed E-state index contributed by atoms with van der Waals surface area (Å²) in [4.78, 5) is 13.9. The summed E-state index contributed by atoms with van der Waals surface area (Å²) in [5.74, 6) is -2.87. The zero-order valence-electron chi connectivity index (χ0n) is 9.47. The minimum atomic E-state index is -1.55. The molecular formula is C12H10F2N2O2. The lowest BCUT2D eigenvalue weighted by Crippen LogP contribution is -2.16. The van der Waals surface area contributed by atoms with E-state index in [4.69, 9.17) is 5.11 Å². The van der Waals surface area contributed by atoms with Crippen molar-refractivity contribution in [2.45, 2.75) is 13.0 Å². The van der Waals surface area contributed by atoms with E-state index in [0.29, 0.717) is 5.56 Å². The van der Waals surface area contributed by atoms with Crippen LogP contribution in [0.2, 0.25) is 0 Å². The number of nitrogens with zero attached hydrogens (tertiary/aromatic N) is 2. The Bertz CT molecular complexity index is 581. The summed E-state index contributed by atoms with van der Waals surface area (Å²) in [7, 11) is 0. The van der Waals surface area contributed by atoms with Crippen LogP contribution in [-0.2, 0) is 0 Å². The van der Waals surface area contributed by atoms with Crippen LogP contribution in [-0.4, -0.2) is 20.6 Å². The molecule has 1 atom stereocenters. The molecule has 0 saturated heterocycles. The van der Waals surface area contributed by atoms with E-state index in [2.05, 4.69) is 4.98 Å². The molecule has 94 valence electrons. The second kappa shape index (κ2) is 4.56. The number of imidazole rings is 1. The fourth-order valence-electron chi connectivity index (χ4n) is 1.80. The third-order valence-corrected chi connectivity index (χ3v) is 2.70. The zero-order valence-corrected chi connectivity index (χ0v) is 9.47. The van der Waals surface area contributed by atoms with E-state index in [9.17, 15) is 13.6 Å². The summed E-state index contributed by atoms with van der Waals surface area (Å²) < 4.78 is 27.5. The molecule has 0 unspecified atom stereocenters. The number of hydrogen-bond donors (Lipinski definition) is 1. The van der Waals surface area contributed by atoms with Crippen LogP contribution in [0.15, 0.2) is 30.3 Å². The normalized spacial score (nSPS) is 12.4. The topological polar surface area (TPSA) is 55.1 Å². The maximum absolute atomic E-state index is 13.5. The van der Waals surface area contributed by atoms with Crippen LogP contribution in [0.3, 0.4) is 0 Å². The molecule has 0 spiro atoms. The summed E-state index contributed by atoms with van der Waals surface area (Å²) in [5.41, 5.74) is -0.111. The van der Waals surface area contributed by atoms with E-state index in [1.165, 1.54) is 0 Å². The van der Waals surface area contributed by atoms with E-state index in [1.807, 2.05) is 0 Å². The minimum Gasteiger partial charge on any atom is -0.476 e. The van der Waals surface area contributed by atoms with Gasteiger partial charge in [-0.1, -0.05) is 30.3 Å². The molecule has 0 aliphatic carbocycles. The highest BCUT2D eigenvalue weighted by atomic mass is 19.1. The van der Waals surface area contributed by atoms with Gasteiger partial charge in [0.25, 0.3) is 6.08 Å². The quantitative estimate of drug-likeness (QED) is 0.912. The molecule has 1 aromatic carbocycles. The van der Waals surface area contributed by atoms with Gasteiger partial charge >= 0.3 is 5.97 Å². The predicted octanol–water partition coefficient (Wildman–Crippen LogP) is 2.47. The minimum absolute atomic E-state index is 0.658. The molecule has 0 aliphatic rings. The first-order chi connectivity index (χ1) is 8.52. The van der Waals surface area contributed by atoms with Crippen LogP contribution in [0.5, 0.6) is 0 Å². The first-order valence-electron chi connectivity index (χ1n) is 5.24. The van der Waals surface area contributed by atoms with Gasteiger partial charge in [-0.05, 0) is 12.5 Å². The van der Waals surface area contributed by atoms with Crippen molar-refractivity contribution < 1.29 is 18.7 Å². The van der Waals surface area contributed by atoms with Gasteiger partial charge in [0.1, 0.15) is 0 Å². The van der Waals surface area contributed by atoms with Crippen LogP contribution in [0, 0.1) is 12.0 Å². The molecule has 0 saturated carbocycles. The highest BCUT2D eigenvalue weighted by molar-refractivity contribution is 5.85. The molecule has 1 heterocycles. The average Bonchev–Trinajstić information content (AvgIpc) is 2.64. The van der Waals surface area contributed by atoms with Crippen LogP contribution in [0.1, 0.15) is 29.0 Å². The Labute approximate surface area is 102 Å². The lowest BCUT2D eigenvalue weighted by atomic mass is 10.1. The van der Waals surface area contributed by atoms with E-state index in [1.54, 1.807) is 37.3 Å². The molecule has 1 aromatic heterocycles. The Hall–Kier alpha value is -2.24. The number of rotatable bonds is 3. The number of carbonyl (C=O) groups is 1. The molecular weight excluding hydrogens is 242 g/mol. The number of carboxylic acids is 1. The van der Waals surface area contributed by atoms with Crippen molar-refractivity contribution in [3.05, 3.63) is 53.6 Å². The SMILES string of the molecule is C[C@H](c1ccccc1)n1c(F)nc(F)c1C(=O)O. The Morgan fingerprint density at radius 2 is 1.94 bits per heavy atom. The Morgan fingerprint density at radius 1 is 1.33 bits per heavy atom. The van der Waals surface area contributed by atoms with Crippen LogP contribution < -0.4 is 0 Å². The molecule has 4 nitrogen and oxygen atoms in total. The van der Waals surface area contributed by atoms with Crippen molar-refractivity contribution in [1.29, 1.82) is 0 Å². The summed E-state index contributed by atoms with van der Waals surface area (Å²) in [5, 5.41) is 8.89. The third-order valence-electron chi connectivity index (χ3n) is 2.70. The molecule has 0 aliphatic heterocycles. The van der Waals surface area contributed by atoms with Crippen molar-refractivity contribution >= 4 is 5.97 Å². The fourth-order valence-corrected chi connectivity index (χ4v) is 1.80. The van der Waals surface area contributed by atoms with Gasteiger partial charge in [-0.15, -0.1) is 0 Å². The first-order valence-corrected chi connectivity index (χ1v) is 5.24. The van der Waals surface area contributed by atoms with Gasteiger partial charge in [-0.25, -0.2) is 4.79 Å². The number of aromatic carboxylic acids is 1. The fraction of sp³-hybridized carbons (Fsp3) is 0.167. The monoisotopic (exact) mass is 252 g/mol. The summed E-state index contributed by atoms with van der Waals surface area (Å²) >= 11 is 0. The largest absolute Gasteiger partial charge is 0.476 e. The van der Waals surface area contributed by atoms with Crippen LogP contribution in [0.25, 0.3) is 0 Å². The van der Waals surface area contributed by atoms with Crippen molar-refractivity contribution in [1.82, 2.24) is 9.55 Å². The molecule has 0 amide bonds. The number of hydrogen-bond acceptors (Lipinski definition) is 2. The molecule has 0 bridgehead atoms. The summed E-state index contributed by atoms with van der Waals surface area (Å²) in [6.07, 6.45) is -1.15. The van der Waals surface area contributed by atoms with E-state index in [-0.39, 0.29) is 0 Å². The van der Waals surface area contributed by atoms with Gasteiger partial charge < -0.3 is 5.11 Å². The van der Waals surface area contributed by atoms with Crippen molar-refractivity contribution in [2.24, 2.45) is 0 Å². The molecule has 1 N–H and O–H groups in total. The molecule has 18 heavy (non-hydrogen) atoms. The first kappa shape index (κ1) is 12.2. The molecule has 2 rings (SSSR count). The van der Waals surface area contributed by atoms with Crippen LogP contribution >= 0.6 is 0 Å². The highest BCUT2D eigenvalue weighted by Crippen LogP contribution is 2.22. The van der Waals surface area contributed by atoms with Gasteiger partial charge in [0.15, 0.2) is 5.69 Å². The highest BCUT2D eigenvalue weighted by Gasteiger charge is 2.26. The Balaban J connectivity index is 2.55. The zero-order chi connectivity index (χ0) is 13.3. The van der Waals surface area contributed by atoms with Crippen LogP contribution in [0.4, 0.5) is 8.78 Å². The van der Waals surface area contributed by atoms with Crippen molar-refractivity contribution in [3.63, 3.8) is 0 Å². The van der Waals surface area contributed by atoms with Gasteiger partial charge in [-0.2, -0.15) is 13.8 Å². The lowest BCUT2D eigenvalue weighted by Gasteiger charge is -2.15. The molecule has 6 heteroatoms. The van der Waals surface area contributed by atoms with E-state index < -0.39 is 29.7 Å². The van der Waals surface area contributed by atoms with E-state index >= 15 is 0 Å². The van der Waals surface area contributed by atoms with Gasteiger partial charge in [0.2, 0.25) is 5.95 Å². The number of halogens is 2. The van der Waals surface area contributed by atoms with E-state index in [0.717, 1.165) is 4.57 Å². The smallest absolute Gasteiger partial charge is 0.357 e. The number of aromatic nitrogens is 2. The second-order valence-electron chi connectivity index (χ2n) is 3.78. The lowest BCUT2D eigenvalue weighted by molar-refractivity contribution is 0.0676. The summed E-state index contributed by atoms with van der Waals surface area (Å²) in [6, 6.07) is 7.99. The standard InChI is InChI=1S/C12H10F2N2O2/c1-7(8-5-3-2-4-6-8)16-9(11(17)18)10(13)15-12(16)14/h2-7H,1H3,(H,17,18)/t7-/m1/s1. The average molecular weight is 252 g/mol. The van der Waals surface area contributed by atoms with Gasteiger partial charge in [-0.3, -0.25) is 4.57 Å². The number of carboxylic acid groups (broad SMARTS) is 1. The van der Waals surface area contributed by atoms with Crippen molar-refractivity contribution in [2.75, 3.05) is 0 Å². The molecule has 2 aromatic rings. The molecule has 0 fully saturated rings. The third kappa shape index (κ3) is 1.97. The maximum atomic E-state index is 13.5. The predicted molar refractivity (Wildman–Crippen MR) is 59.4 cm³/mol.